The fraction of sp³-hybridized carbons (Fsp3) is 0.353. The van der Waals surface area contributed by atoms with Gasteiger partial charge in [0.15, 0.2) is 5.82 Å². The molecule has 0 radical (unpaired) electrons. The van der Waals surface area contributed by atoms with Gasteiger partial charge in [0.05, 0.1) is 6.20 Å². The molecular formula is C34H41Cl3N10O6. The summed E-state index contributed by atoms with van der Waals surface area (Å²) in [6.45, 7) is 6.44. The van der Waals surface area contributed by atoms with Crippen LogP contribution >= 0.6 is 34.8 Å². The molecule has 16 nitrogen and oxygen atoms in total. The molecule has 284 valence electrons. The third kappa shape index (κ3) is 14.1. The van der Waals surface area contributed by atoms with Gasteiger partial charge in [0.1, 0.15) is 19.0 Å². The predicted molar refractivity (Wildman–Crippen MR) is 201 cm³/mol. The Kier molecular flexibility index (Phi) is 16.5. The first-order valence-corrected chi connectivity index (χ1v) is 17.7. The second-order valence-corrected chi connectivity index (χ2v) is 13.0. The molecule has 0 spiro atoms. The molecule has 2 saturated heterocycles. The summed E-state index contributed by atoms with van der Waals surface area (Å²) in [6, 6.07) is 18.5. The molecule has 6 rings (SSSR count). The third-order valence-corrected chi connectivity index (χ3v) is 8.76. The van der Waals surface area contributed by atoms with Crippen molar-refractivity contribution in [2.45, 2.75) is 13.1 Å². The van der Waals surface area contributed by atoms with Crippen LogP contribution in [0.5, 0.6) is 0 Å². The highest BCUT2D eigenvalue weighted by molar-refractivity contribution is 6.62. The van der Waals surface area contributed by atoms with E-state index in [1.54, 1.807) is 15.9 Å². The van der Waals surface area contributed by atoms with E-state index in [0.29, 0.717) is 32.0 Å². The summed E-state index contributed by atoms with van der Waals surface area (Å²) < 4.78 is 1.20. The van der Waals surface area contributed by atoms with Gasteiger partial charge in [-0.1, -0.05) is 47.5 Å². The van der Waals surface area contributed by atoms with Crippen molar-refractivity contribution in [1.29, 1.82) is 0 Å². The van der Waals surface area contributed by atoms with Gasteiger partial charge >= 0.3 is 11.4 Å². The number of carbonyl (C=O) groups is 4. The lowest BCUT2D eigenvalue weighted by Gasteiger charge is -2.34. The van der Waals surface area contributed by atoms with Gasteiger partial charge in [-0.25, -0.2) is 4.79 Å². The van der Waals surface area contributed by atoms with Crippen molar-refractivity contribution in [2.24, 2.45) is 0 Å². The van der Waals surface area contributed by atoms with Crippen LogP contribution in [0.4, 0.5) is 21.2 Å². The van der Waals surface area contributed by atoms with Crippen molar-refractivity contribution < 1.29 is 29.4 Å². The quantitative estimate of drug-likeness (QED) is 0.131. The van der Waals surface area contributed by atoms with Gasteiger partial charge in [0, 0.05) is 93.8 Å². The molecule has 2 aliphatic heterocycles. The van der Waals surface area contributed by atoms with Crippen molar-refractivity contribution in [1.82, 2.24) is 39.6 Å². The molecule has 5 N–H and O–H groups in total. The molecule has 4 aromatic rings. The first kappa shape index (κ1) is 41.2. The van der Waals surface area contributed by atoms with E-state index in [1.165, 1.54) is 34.3 Å². The van der Waals surface area contributed by atoms with E-state index in [2.05, 4.69) is 35.7 Å². The number of hydrogen-bond donors (Lipinski definition) is 5. The Balaban J connectivity index is 0.000000198. The molecule has 2 aromatic heterocycles. The van der Waals surface area contributed by atoms with Gasteiger partial charge in [0.25, 0.3) is 11.8 Å². The minimum absolute atomic E-state index is 0.235. The number of anilines is 2. The lowest BCUT2D eigenvalue weighted by molar-refractivity contribution is -0.119. The molecule has 0 saturated carbocycles. The lowest BCUT2D eigenvalue weighted by atomic mass is 10.2. The van der Waals surface area contributed by atoms with Gasteiger partial charge in [-0.15, -0.1) is 5.10 Å². The Hall–Kier alpha value is -4.55. The minimum atomic E-state index is -0.629. The second-order valence-electron chi connectivity index (χ2n) is 11.8. The van der Waals surface area contributed by atoms with Gasteiger partial charge in [-0.3, -0.25) is 29.3 Å². The summed E-state index contributed by atoms with van der Waals surface area (Å²) in [5, 5.41) is 33.0. The Bertz CT molecular complexity index is 1740. The maximum absolute atomic E-state index is 12.5. The number of carbonyl (C=O) groups excluding carboxylic acids is 4. The summed E-state index contributed by atoms with van der Waals surface area (Å²) in [7, 11) is 0. The zero-order valence-corrected chi connectivity index (χ0v) is 31.0. The zero-order valence-electron chi connectivity index (χ0n) is 28.7. The van der Waals surface area contributed by atoms with Gasteiger partial charge < -0.3 is 30.6 Å². The third-order valence-electron chi connectivity index (χ3n) is 8.02. The minimum Gasteiger partial charge on any atom is -0.387 e. The molecule has 0 aliphatic carbocycles. The number of piperazine rings is 2. The molecule has 19 heteroatoms. The number of aliphatic hydroxyl groups is 2. The highest BCUT2D eigenvalue weighted by atomic mass is 35.5. The fourth-order valence-electron chi connectivity index (χ4n) is 5.21. The van der Waals surface area contributed by atoms with Crippen LogP contribution in [0.1, 0.15) is 11.1 Å². The number of H-pyrrole nitrogens is 1. The van der Waals surface area contributed by atoms with Crippen LogP contribution in [-0.2, 0) is 22.7 Å². The largest absolute Gasteiger partial charge is 0.387 e. The summed E-state index contributed by atoms with van der Waals surface area (Å²) in [5.74, 6) is -0.305. The number of aromatic nitrogens is 4. The van der Waals surface area contributed by atoms with Crippen molar-refractivity contribution in [3.05, 3.63) is 94.2 Å². The van der Waals surface area contributed by atoms with E-state index in [1.807, 2.05) is 48.5 Å². The van der Waals surface area contributed by atoms with Crippen LogP contribution in [0.15, 0.2) is 73.1 Å². The standard InChI is InChI=1S/C17H20ClN5O3.C12H14Cl2N2O.C5H7N3O2/c18-14-3-1-13(2-4-14)11-21-7-9-22(10-8-21)17(26)23-6-5-15(20-23)19-16(25)12-24;13-11-3-1-10(2-4-11)9-15-5-7-16(8-6-15)12(14)17;9-3-5(10)7-4-1-2-6-8-4/h1-6,24H,7-12H2,(H,19,20,25);1-4H,5-9H2;1-2,9H,3H2,(H2,6,7,8,10). The Labute approximate surface area is 321 Å². The summed E-state index contributed by atoms with van der Waals surface area (Å²) >= 11 is 17.2. The number of hydrogen-bond acceptors (Lipinski definition) is 10. The SMILES string of the molecule is O=C(CO)Nc1ccn(C(=O)N2CCN(Cc3ccc(Cl)cc3)CC2)n1.O=C(CO)Nc1ccn[nH]1.O=C(Cl)N1CCN(Cc2ccc(Cl)cc2)CC1. The number of aromatic amines is 1. The van der Waals surface area contributed by atoms with Crippen molar-refractivity contribution in [3.8, 4) is 0 Å². The first-order valence-electron chi connectivity index (χ1n) is 16.6. The number of benzene rings is 2. The van der Waals surface area contributed by atoms with Crippen molar-refractivity contribution in [2.75, 3.05) is 76.2 Å². The second kappa shape index (κ2) is 21.2. The molecular weight excluding hydrogens is 751 g/mol. The summed E-state index contributed by atoms with van der Waals surface area (Å²) in [5.41, 5.74) is 2.42. The van der Waals surface area contributed by atoms with Crippen LogP contribution in [0.2, 0.25) is 10.0 Å². The van der Waals surface area contributed by atoms with Gasteiger partial charge in [-0.2, -0.15) is 9.78 Å². The highest BCUT2D eigenvalue weighted by Gasteiger charge is 2.23. The van der Waals surface area contributed by atoms with E-state index in [-0.39, 0.29) is 17.2 Å². The molecule has 0 atom stereocenters. The maximum atomic E-state index is 12.5. The topological polar surface area (TPSA) is 192 Å². The molecule has 4 heterocycles. The average molecular weight is 792 g/mol. The van der Waals surface area contributed by atoms with E-state index >= 15 is 0 Å². The van der Waals surface area contributed by atoms with Crippen molar-refractivity contribution in [3.63, 3.8) is 0 Å². The molecule has 2 aliphatic rings. The smallest absolute Gasteiger partial charge is 0.344 e. The summed E-state index contributed by atoms with van der Waals surface area (Å²) in [6.07, 6.45) is 3.00. The van der Waals surface area contributed by atoms with Crippen molar-refractivity contribution >= 4 is 69.7 Å². The molecule has 0 bridgehead atoms. The number of aliphatic hydroxyl groups excluding tert-OH is 2. The molecule has 4 amide bonds. The zero-order chi connectivity index (χ0) is 38.2. The normalized spacial score (nSPS) is 14.7. The number of rotatable bonds is 8. The maximum Gasteiger partial charge on any atom is 0.344 e. The monoisotopic (exact) mass is 790 g/mol. The number of nitrogens with zero attached hydrogens (tertiary/aromatic N) is 7. The summed E-state index contributed by atoms with van der Waals surface area (Å²) in [4.78, 5) is 53.1. The highest BCUT2D eigenvalue weighted by Crippen LogP contribution is 2.15. The average Bonchev–Trinajstić information content (AvgIpc) is 3.87. The van der Waals surface area contributed by atoms with Crippen LogP contribution in [0.3, 0.4) is 0 Å². The predicted octanol–water partition coefficient (Wildman–Crippen LogP) is 3.41. The Morgan fingerprint density at radius 2 is 1.17 bits per heavy atom. The molecule has 53 heavy (non-hydrogen) atoms. The molecule has 2 aromatic carbocycles. The molecule has 0 unspecified atom stereocenters. The van der Waals surface area contributed by atoms with E-state index in [0.717, 1.165) is 49.3 Å². The van der Waals surface area contributed by atoms with Crippen LogP contribution in [-0.4, -0.2) is 139 Å². The fourth-order valence-corrected chi connectivity index (χ4v) is 5.64. The Morgan fingerprint density at radius 3 is 1.62 bits per heavy atom. The van der Waals surface area contributed by atoms with E-state index in [4.69, 9.17) is 45.0 Å². The van der Waals surface area contributed by atoms with E-state index in [9.17, 15) is 19.2 Å². The van der Waals surface area contributed by atoms with Crippen LogP contribution in [0.25, 0.3) is 0 Å². The van der Waals surface area contributed by atoms with Gasteiger partial charge in [-0.05, 0) is 47.0 Å². The Morgan fingerprint density at radius 1 is 0.679 bits per heavy atom. The number of nitrogens with one attached hydrogen (secondary N) is 3. The lowest BCUT2D eigenvalue weighted by Crippen LogP contribution is -2.49. The number of amides is 4. The first-order chi connectivity index (χ1) is 25.5. The molecule has 2 fully saturated rings. The van der Waals surface area contributed by atoms with Crippen LogP contribution < -0.4 is 10.6 Å². The van der Waals surface area contributed by atoms with E-state index < -0.39 is 25.0 Å². The van der Waals surface area contributed by atoms with Crippen LogP contribution in [0, 0.1) is 0 Å². The number of halogens is 3. The van der Waals surface area contributed by atoms with Gasteiger partial charge in [0.2, 0.25) is 0 Å².